The normalized spacial score (nSPS) is 10.6. The van der Waals surface area contributed by atoms with E-state index in [1.54, 1.807) is 23.5 Å². The van der Waals surface area contributed by atoms with Gasteiger partial charge in [-0.15, -0.1) is 0 Å². The molecule has 0 radical (unpaired) electrons. The monoisotopic (exact) mass is 418 g/mol. The lowest BCUT2D eigenvalue weighted by molar-refractivity contribution is 0.102. The van der Waals surface area contributed by atoms with Crippen LogP contribution in [0.15, 0.2) is 100 Å². The van der Waals surface area contributed by atoms with Gasteiger partial charge in [-0.25, -0.2) is 4.98 Å². The van der Waals surface area contributed by atoms with E-state index in [1.165, 1.54) is 11.2 Å². The Hall–Kier alpha value is -3.03. The van der Waals surface area contributed by atoms with Crippen LogP contribution in [0.3, 0.4) is 0 Å². The van der Waals surface area contributed by atoms with Gasteiger partial charge in [0.05, 0.1) is 0 Å². The molecule has 0 atom stereocenters. The average Bonchev–Trinajstić information content (AvgIpc) is 3.28. The molecule has 0 aliphatic heterocycles. The lowest BCUT2D eigenvalue weighted by Gasteiger charge is -2.08. The molecule has 0 unspecified atom stereocenters. The number of amides is 1. The van der Waals surface area contributed by atoms with Crippen molar-refractivity contribution in [1.82, 2.24) is 15.2 Å². The molecule has 1 amide bonds. The van der Waals surface area contributed by atoms with Crippen LogP contribution < -0.4 is 5.32 Å². The third-order valence-corrected chi connectivity index (χ3v) is 6.01. The molecule has 0 spiro atoms. The second-order valence-electron chi connectivity index (χ2n) is 6.17. The number of aromatic amines is 1. The highest BCUT2D eigenvalue weighted by molar-refractivity contribution is 7.99. The Balaban J connectivity index is 1.36. The third kappa shape index (κ3) is 5.49. The first kappa shape index (κ1) is 19.3. The standard InChI is InChI=1S/C22H18N4OS2/c27-21(17-6-4-5-16(13-17)14-28-22-23-15-24-26-22)25-18-9-11-20(12-10-18)29-19-7-2-1-3-8-19/h1-13,15H,14H2,(H,25,27)(H,23,24,26). The van der Waals surface area contributed by atoms with Crippen molar-refractivity contribution in [3.63, 3.8) is 0 Å². The van der Waals surface area contributed by atoms with Crippen molar-refractivity contribution in [3.05, 3.63) is 96.3 Å². The van der Waals surface area contributed by atoms with Crippen molar-refractivity contribution < 1.29 is 4.79 Å². The molecule has 1 heterocycles. The zero-order valence-corrected chi connectivity index (χ0v) is 17.0. The highest BCUT2D eigenvalue weighted by Gasteiger charge is 2.08. The molecule has 2 N–H and O–H groups in total. The summed E-state index contributed by atoms with van der Waals surface area (Å²) in [5.41, 5.74) is 2.45. The van der Waals surface area contributed by atoms with Crippen LogP contribution >= 0.6 is 23.5 Å². The maximum Gasteiger partial charge on any atom is 0.255 e. The molecule has 144 valence electrons. The number of aromatic nitrogens is 3. The summed E-state index contributed by atoms with van der Waals surface area (Å²) in [6.45, 7) is 0. The van der Waals surface area contributed by atoms with Gasteiger partial charge in [-0.3, -0.25) is 9.89 Å². The lowest BCUT2D eigenvalue weighted by atomic mass is 10.1. The molecular formula is C22H18N4OS2. The van der Waals surface area contributed by atoms with Crippen molar-refractivity contribution in [2.24, 2.45) is 0 Å². The largest absolute Gasteiger partial charge is 0.322 e. The van der Waals surface area contributed by atoms with Crippen LogP contribution in [0.1, 0.15) is 15.9 Å². The Bertz CT molecular complexity index is 1070. The summed E-state index contributed by atoms with van der Waals surface area (Å²) in [7, 11) is 0. The number of nitrogens with one attached hydrogen (secondary N) is 2. The lowest BCUT2D eigenvalue weighted by Crippen LogP contribution is -2.12. The SMILES string of the molecule is O=C(Nc1ccc(Sc2ccccc2)cc1)c1cccc(CSc2ncn[nH]2)c1. The summed E-state index contributed by atoms with van der Waals surface area (Å²) in [5, 5.41) is 10.4. The van der Waals surface area contributed by atoms with Crippen molar-refractivity contribution in [2.75, 3.05) is 5.32 Å². The quantitative estimate of drug-likeness (QED) is 0.388. The molecule has 4 rings (SSSR count). The van der Waals surface area contributed by atoms with Gasteiger partial charge in [0.2, 0.25) is 0 Å². The zero-order valence-electron chi connectivity index (χ0n) is 15.4. The number of hydrogen-bond donors (Lipinski definition) is 2. The fourth-order valence-electron chi connectivity index (χ4n) is 2.65. The van der Waals surface area contributed by atoms with Gasteiger partial charge in [0, 0.05) is 26.8 Å². The second-order valence-corrected chi connectivity index (χ2v) is 8.28. The second kappa shape index (κ2) is 9.45. The van der Waals surface area contributed by atoms with Gasteiger partial charge in [0.15, 0.2) is 5.16 Å². The maximum atomic E-state index is 12.6. The maximum absolute atomic E-state index is 12.6. The molecule has 4 aromatic rings. The van der Waals surface area contributed by atoms with Crippen molar-refractivity contribution in [3.8, 4) is 0 Å². The summed E-state index contributed by atoms with van der Waals surface area (Å²) in [6, 6.07) is 25.7. The van der Waals surface area contributed by atoms with Gasteiger partial charge in [0.25, 0.3) is 5.91 Å². The Morgan fingerprint density at radius 1 is 0.931 bits per heavy atom. The van der Waals surface area contributed by atoms with E-state index in [4.69, 9.17) is 0 Å². The van der Waals surface area contributed by atoms with E-state index in [9.17, 15) is 4.79 Å². The van der Waals surface area contributed by atoms with E-state index >= 15 is 0 Å². The van der Waals surface area contributed by atoms with Crippen molar-refractivity contribution in [1.29, 1.82) is 0 Å². The number of H-pyrrole nitrogens is 1. The summed E-state index contributed by atoms with van der Waals surface area (Å²) >= 11 is 3.23. The molecule has 7 heteroatoms. The van der Waals surface area contributed by atoms with Crippen LogP contribution in [-0.2, 0) is 5.75 Å². The number of anilines is 1. The number of rotatable bonds is 7. The van der Waals surface area contributed by atoms with Gasteiger partial charge in [-0.05, 0) is 54.1 Å². The highest BCUT2D eigenvalue weighted by atomic mass is 32.2. The molecule has 29 heavy (non-hydrogen) atoms. The number of nitrogens with zero attached hydrogens (tertiary/aromatic N) is 2. The Labute approximate surface area is 177 Å². The zero-order chi connectivity index (χ0) is 19.9. The fraction of sp³-hybridized carbons (Fsp3) is 0.0455. The van der Waals surface area contributed by atoms with Crippen LogP contribution in [0, 0.1) is 0 Å². The Morgan fingerprint density at radius 3 is 2.48 bits per heavy atom. The predicted molar refractivity (Wildman–Crippen MR) is 117 cm³/mol. The summed E-state index contributed by atoms with van der Waals surface area (Å²) in [5.74, 6) is 0.585. The van der Waals surface area contributed by atoms with Crippen molar-refractivity contribution in [2.45, 2.75) is 20.7 Å². The first-order chi connectivity index (χ1) is 14.3. The average molecular weight is 419 g/mol. The molecule has 0 aliphatic rings. The predicted octanol–water partition coefficient (Wildman–Crippen LogP) is 5.50. The van der Waals surface area contributed by atoms with Gasteiger partial charge in [-0.1, -0.05) is 53.9 Å². The molecule has 0 aliphatic carbocycles. The fourth-order valence-corrected chi connectivity index (χ4v) is 4.21. The molecule has 1 aromatic heterocycles. The van der Waals surface area contributed by atoms with Gasteiger partial charge in [-0.2, -0.15) is 5.10 Å². The highest BCUT2D eigenvalue weighted by Crippen LogP contribution is 2.28. The van der Waals surface area contributed by atoms with E-state index in [0.717, 1.165) is 21.3 Å². The molecular weight excluding hydrogens is 400 g/mol. The smallest absolute Gasteiger partial charge is 0.255 e. The molecule has 0 fully saturated rings. The molecule has 0 saturated heterocycles. The van der Waals surface area contributed by atoms with E-state index in [1.807, 2.05) is 66.7 Å². The third-order valence-electron chi connectivity index (χ3n) is 4.05. The first-order valence-corrected chi connectivity index (χ1v) is 10.8. The molecule has 5 nitrogen and oxygen atoms in total. The van der Waals surface area contributed by atoms with Crippen LogP contribution in [0.2, 0.25) is 0 Å². The topological polar surface area (TPSA) is 70.7 Å². The summed E-state index contributed by atoms with van der Waals surface area (Å²) in [4.78, 5) is 19.0. The molecule has 0 saturated carbocycles. The van der Waals surface area contributed by atoms with E-state index in [2.05, 4.69) is 32.6 Å². The van der Waals surface area contributed by atoms with Crippen molar-refractivity contribution >= 4 is 35.1 Å². The number of carbonyl (C=O) groups excluding carboxylic acids is 1. The van der Waals surface area contributed by atoms with E-state index < -0.39 is 0 Å². The number of hydrogen-bond acceptors (Lipinski definition) is 5. The summed E-state index contributed by atoms with van der Waals surface area (Å²) < 4.78 is 0. The summed E-state index contributed by atoms with van der Waals surface area (Å²) in [6.07, 6.45) is 1.48. The van der Waals surface area contributed by atoms with Crippen LogP contribution in [0.5, 0.6) is 0 Å². The van der Waals surface area contributed by atoms with Gasteiger partial charge in [0.1, 0.15) is 6.33 Å². The van der Waals surface area contributed by atoms with Gasteiger partial charge >= 0.3 is 0 Å². The van der Waals surface area contributed by atoms with Gasteiger partial charge < -0.3 is 5.32 Å². The minimum atomic E-state index is -0.125. The molecule has 3 aromatic carbocycles. The van der Waals surface area contributed by atoms with E-state index in [-0.39, 0.29) is 5.91 Å². The van der Waals surface area contributed by atoms with Crippen LogP contribution in [-0.4, -0.2) is 21.1 Å². The van der Waals surface area contributed by atoms with Crippen LogP contribution in [0.4, 0.5) is 5.69 Å². The van der Waals surface area contributed by atoms with Crippen LogP contribution in [0.25, 0.3) is 0 Å². The number of carbonyl (C=O) groups is 1. The molecule has 0 bridgehead atoms. The number of benzene rings is 3. The van der Waals surface area contributed by atoms with E-state index in [0.29, 0.717) is 11.3 Å². The Morgan fingerprint density at radius 2 is 1.72 bits per heavy atom. The minimum absolute atomic E-state index is 0.125. The number of thioether (sulfide) groups is 1. The Kier molecular flexibility index (Phi) is 6.29. The first-order valence-electron chi connectivity index (χ1n) is 8.98. The minimum Gasteiger partial charge on any atom is -0.322 e.